The zero-order valence-corrected chi connectivity index (χ0v) is 12.4. The van der Waals surface area contributed by atoms with E-state index in [9.17, 15) is 0 Å². The smallest absolute Gasteiger partial charge is 0.0976 e. The van der Waals surface area contributed by atoms with Gasteiger partial charge in [-0.05, 0) is 43.6 Å². The Balaban J connectivity index is 2.05. The molecular formula is C17H27NO. The molecule has 2 nitrogen and oxygen atoms in total. The lowest BCUT2D eigenvalue weighted by atomic mass is 9.81. The first-order valence-electron chi connectivity index (χ1n) is 7.52. The molecule has 1 aliphatic rings. The summed E-state index contributed by atoms with van der Waals surface area (Å²) < 4.78 is 6.35. The summed E-state index contributed by atoms with van der Waals surface area (Å²) in [6.45, 7) is 6.69. The van der Waals surface area contributed by atoms with Gasteiger partial charge in [0.25, 0.3) is 0 Å². The van der Waals surface area contributed by atoms with Crippen LogP contribution in [-0.4, -0.2) is 12.1 Å². The minimum Gasteiger partial charge on any atom is -0.369 e. The molecule has 0 aliphatic heterocycles. The van der Waals surface area contributed by atoms with Crippen LogP contribution in [-0.2, 0) is 4.74 Å². The topological polar surface area (TPSA) is 35.2 Å². The van der Waals surface area contributed by atoms with Crippen LogP contribution >= 0.6 is 0 Å². The maximum atomic E-state index is 6.35. The summed E-state index contributed by atoms with van der Waals surface area (Å²) in [5, 5.41) is 0. The van der Waals surface area contributed by atoms with Crippen LogP contribution in [0.25, 0.3) is 0 Å². The van der Waals surface area contributed by atoms with Crippen molar-refractivity contribution in [1.82, 2.24) is 0 Å². The SMILES string of the molecule is CC1CC(C)CC(OC(c2ccccc2)C(C)N)C1. The van der Waals surface area contributed by atoms with E-state index in [2.05, 4.69) is 38.1 Å². The van der Waals surface area contributed by atoms with Crippen molar-refractivity contribution in [3.8, 4) is 0 Å². The van der Waals surface area contributed by atoms with E-state index in [1.807, 2.05) is 13.0 Å². The molecular weight excluding hydrogens is 234 g/mol. The standard InChI is InChI=1S/C17H27NO/c1-12-9-13(2)11-16(10-12)19-17(14(3)18)15-7-5-4-6-8-15/h4-8,12-14,16-17H,9-11,18H2,1-3H3. The van der Waals surface area contributed by atoms with E-state index in [1.54, 1.807) is 0 Å². The summed E-state index contributed by atoms with van der Waals surface area (Å²) >= 11 is 0. The highest BCUT2D eigenvalue weighted by Gasteiger charge is 2.28. The van der Waals surface area contributed by atoms with Gasteiger partial charge in [-0.3, -0.25) is 0 Å². The third-order valence-electron chi connectivity index (χ3n) is 4.08. The van der Waals surface area contributed by atoms with Gasteiger partial charge >= 0.3 is 0 Å². The first-order chi connectivity index (χ1) is 9.06. The van der Waals surface area contributed by atoms with Crippen molar-refractivity contribution in [2.24, 2.45) is 17.6 Å². The second-order valence-corrected chi connectivity index (χ2v) is 6.37. The van der Waals surface area contributed by atoms with Crippen molar-refractivity contribution >= 4 is 0 Å². The summed E-state index contributed by atoms with van der Waals surface area (Å²) in [5.41, 5.74) is 7.33. The molecule has 1 fully saturated rings. The van der Waals surface area contributed by atoms with E-state index >= 15 is 0 Å². The van der Waals surface area contributed by atoms with E-state index < -0.39 is 0 Å². The van der Waals surface area contributed by atoms with Crippen LogP contribution in [0.2, 0.25) is 0 Å². The van der Waals surface area contributed by atoms with Crippen molar-refractivity contribution in [1.29, 1.82) is 0 Å². The molecule has 0 amide bonds. The Morgan fingerprint density at radius 3 is 2.16 bits per heavy atom. The van der Waals surface area contributed by atoms with Gasteiger partial charge in [-0.1, -0.05) is 44.2 Å². The second-order valence-electron chi connectivity index (χ2n) is 6.37. The molecule has 0 spiro atoms. The number of ether oxygens (including phenoxy) is 1. The lowest BCUT2D eigenvalue weighted by molar-refractivity contribution is -0.0585. The molecule has 19 heavy (non-hydrogen) atoms. The number of nitrogens with two attached hydrogens (primary N) is 1. The van der Waals surface area contributed by atoms with Crippen LogP contribution in [0.1, 0.15) is 51.7 Å². The van der Waals surface area contributed by atoms with Gasteiger partial charge in [0.05, 0.1) is 12.2 Å². The van der Waals surface area contributed by atoms with E-state index in [-0.39, 0.29) is 12.1 Å². The minimum absolute atomic E-state index is 0.0173. The highest BCUT2D eigenvalue weighted by molar-refractivity contribution is 5.19. The van der Waals surface area contributed by atoms with E-state index in [4.69, 9.17) is 10.5 Å². The molecule has 4 unspecified atom stereocenters. The molecule has 0 heterocycles. The maximum Gasteiger partial charge on any atom is 0.0976 e. The van der Waals surface area contributed by atoms with Crippen LogP contribution < -0.4 is 5.73 Å². The predicted molar refractivity (Wildman–Crippen MR) is 79.9 cm³/mol. The van der Waals surface area contributed by atoms with Gasteiger partial charge in [0.2, 0.25) is 0 Å². The van der Waals surface area contributed by atoms with E-state index in [0.29, 0.717) is 6.10 Å². The van der Waals surface area contributed by atoms with Crippen molar-refractivity contribution in [2.75, 3.05) is 0 Å². The van der Waals surface area contributed by atoms with Gasteiger partial charge in [0, 0.05) is 6.04 Å². The first kappa shape index (κ1) is 14.5. The van der Waals surface area contributed by atoms with Gasteiger partial charge < -0.3 is 10.5 Å². The second kappa shape index (κ2) is 6.53. The Kier molecular flexibility index (Phi) is 5.00. The Morgan fingerprint density at radius 1 is 1.05 bits per heavy atom. The largest absolute Gasteiger partial charge is 0.369 e. The number of hydrogen-bond donors (Lipinski definition) is 1. The van der Waals surface area contributed by atoms with Crippen molar-refractivity contribution in [3.05, 3.63) is 35.9 Å². The number of hydrogen-bond acceptors (Lipinski definition) is 2. The quantitative estimate of drug-likeness (QED) is 0.891. The molecule has 0 saturated heterocycles. The molecule has 106 valence electrons. The van der Waals surface area contributed by atoms with E-state index in [0.717, 1.165) is 11.8 Å². The van der Waals surface area contributed by atoms with Gasteiger partial charge in [0.15, 0.2) is 0 Å². The molecule has 0 radical (unpaired) electrons. The molecule has 4 atom stereocenters. The van der Waals surface area contributed by atoms with Crippen LogP contribution in [0.3, 0.4) is 0 Å². The zero-order valence-electron chi connectivity index (χ0n) is 12.4. The normalized spacial score (nSPS) is 30.8. The fraction of sp³-hybridized carbons (Fsp3) is 0.647. The molecule has 0 bridgehead atoms. The van der Waals surface area contributed by atoms with E-state index in [1.165, 1.54) is 24.8 Å². The van der Waals surface area contributed by atoms with Crippen molar-refractivity contribution in [3.63, 3.8) is 0 Å². The van der Waals surface area contributed by atoms with Crippen LogP contribution in [0, 0.1) is 11.8 Å². The third-order valence-corrected chi connectivity index (χ3v) is 4.08. The molecule has 2 rings (SSSR count). The minimum atomic E-state index is 0.0173. The van der Waals surface area contributed by atoms with Gasteiger partial charge in [0.1, 0.15) is 0 Å². The average molecular weight is 261 g/mol. The lowest BCUT2D eigenvalue weighted by Gasteiger charge is -2.35. The Labute approximate surface area is 117 Å². The molecule has 1 saturated carbocycles. The molecule has 1 aromatic carbocycles. The highest BCUT2D eigenvalue weighted by atomic mass is 16.5. The van der Waals surface area contributed by atoms with Gasteiger partial charge in [-0.25, -0.2) is 0 Å². The third kappa shape index (κ3) is 4.05. The summed E-state index contributed by atoms with van der Waals surface area (Å²) in [5.74, 6) is 1.52. The number of benzene rings is 1. The summed E-state index contributed by atoms with van der Waals surface area (Å²) in [6, 6.07) is 10.4. The van der Waals surface area contributed by atoms with Crippen LogP contribution in [0.15, 0.2) is 30.3 Å². The molecule has 0 aromatic heterocycles. The Bertz CT molecular complexity index is 366. The molecule has 2 N–H and O–H groups in total. The lowest BCUT2D eigenvalue weighted by Crippen LogP contribution is -2.34. The summed E-state index contributed by atoms with van der Waals surface area (Å²) in [6.07, 6.45) is 4.04. The zero-order chi connectivity index (χ0) is 13.8. The van der Waals surface area contributed by atoms with Crippen molar-refractivity contribution in [2.45, 2.75) is 58.3 Å². The van der Waals surface area contributed by atoms with Crippen LogP contribution in [0.4, 0.5) is 0 Å². The monoisotopic (exact) mass is 261 g/mol. The van der Waals surface area contributed by atoms with Gasteiger partial charge in [-0.15, -0.1) is 0 Å². The fourth-order valence-corrected chi connectivity index (χ4v) is 3.34. The van der Waals surface area contributed by atoms with Crippen LogP contribution in [0.5, 0.6) is 0 Å². The summed E-state index contributed by atoms with van der Waals surface area (Å²) in [4.78, 5) is 0. The predicted octanol–water partition coefficient (Wildman–Crippen LogP) is 3.92. The Hall–Kier alpha value is -0.860. The Morgan fingerprint density at radius 2 is 1.63 bits per heavy atom. The summed E-state index contributed by atoms with van der Waals surface area (Å²) in [7, 11) is 0. The fourth-order valence-electron chi connectivity index (χ4n) is 3.34. The van der Waals surface area contributed by atoms with Gasteiger partial charge in [-0.2, -0.15) is 0 Å². The molecule has 2 heteroatoms. The maximum absolute atomic E-state index is 6.35. The first-order valence-corrected chi connectivity index (χ1v) is 7.52. The molecule has 1 aliphatic carbocycles. The average Bonchev–Trinajstić information content (AvgIpc) is 2.35. The molecule has 1 aromatic rings. The van der Waals surface area contributed by atoms with Crippen molar-refractivity contribution < 1.29 is 4.74 Å². The number of rotatable bonds is 4. The highest BCUT2D eigenvalue weighted by Crippen LogP contribution is 2.34.